The van der Waals surface area contributed by atoms with Crippen molar-refractivity contribution in [3.05, 3.63) is 34.9 Å². The third kappa shape index (κ3) is 5.37. The minimum Gasteiger partial charge on any atom is -0.387 e. The van der Waals surface area contributed by atoms with Gasteiger partial charge in [-0.25, -0.2) is 4.79 Å². The van der Waals surface area contributed by atoms with Crippen LogP contribution in [-0.2, 0) is 0 Å². The molecule has 1 aromatic rings. The molecule has 1 fully saturated rings. The highest BCUT2D eigenvalue weighted by molar-refractivity contribution is 6.31. The summed E-state index contributed by atoms with van der Waals surface area (Å²) in [4.78, 5) is 14.3. The molecule has 1 aliphatic rings. The third-order valence-corrected chi connectivity index (χ3v) is 4.72. The summed E-state index contributed by atoms with van der Waals surface area (Å²) in [5.41, 5.74) is 0.624. The molecule has 1 aliphatic heterocycles. The summed E-state index contributed by atoms with van der Waals surface area (Å²) in [5, 5.41) is 16.2. The van der Waals surface area contributed by atoms with E-state index in [1.165, 1.54) is 12.8 Å². The van der Waals surface area contributed by atoms with Crippen LogP contribution in [0.5, 0.6) is 0 Å². The lowest BCUT2D eigenvalue weighted by Gasteiger charge is -2.34. The number of carbonyl (C=O) groups excluding carboxylic acids is 1. The molecule has 5 nitrogen and oxygen atoms in total. The zero-order chi connectivity index (χ0) is 16.7. The number of rotatable bonds is 6. The number of hydrogen-bond donors (Lipinski definition) is 3. The summed E-state index contributed by atoms with van der Waals surface area (Å²) < 4.78 is 0. The van der Waals surface area contributed by atoms with E-state index in [2.05, 4.69) is 22.5 Å². The molecule has 2 rings (SSSR count). The summed E-state index contributed by atoms with van der Waals surface area (Å²) in [6, 6.07) is 7.26. The Kier molecular flexibility index (Phi) is 7.15. The minimum absolute atomic E-state index is 0.137. The van der Waals surface area contributed by atoms with E-state index in [0.717, 1.165) is 19.5 Å². The topological polar surface area (TPSA) is 64.6 Å². The Bertz CT molecular complexity index is 512. The number of likely N-dealkylation sites (N-methyl/N-ethyl adjacent to an activating group) is 1. The predicted molar refractivity (Wildman–Crippen MR) is 92.7 cm³/mol. The van der Waals surface area contributed by atoms with Crippen molar-refractivity contribution in [3.63, 3.8) is 0 Å². The normalized spacial score (nSPS) is 20.0. The summed E-state index contributed by atoms with van der Waals surface area (Å²) in [6.45, 7) is 5.05. The van der Waals surface area contributed by atoms with Crippen LogP contribution in [0.25, 0.3) is 0 Å². The van der Waals surface area contributed by atoms with Gasteiger partial charge in [0.1, 0.15) is 0 Å². The van der Waals surface area contributed by atoms with Crippen molar-refractivity contribution in [1.29, 1.82) is 0 Å². The summed E-state index contributed by atoms with van der Waals surface area (Å²) in [6.07, 6.45) is 2.77. The van der Waals surface area contributed by atoms with E-state index in [0.29, 0.717) is 23.2 Å². The predicted octanol–water partition coefficient (Wildman–Crippen LogP) is 2.55. The van der Waals surface area contributed by atoms with E-state index < -0.39 is 6.10 Å². The molecule has 128 valence electrons. The first-order valence-electron chi connectivity index (χ1n) is 8.30. The van der Waals surface area contributed by atoms with Crippen molar-refractivity contribution in [2.75, 3.05) is 26.2 Å². The average molecular weight is 340 g/mol. The molecule has 0 aromatic heterocycles. The zero-order valence-corrected chi connectivity index (χ0v) is 14.4. The first-order valence-corrected chi connectivity index (χ1v) is 8.67. The van der Waals surface area contributed by atoms with Gasteiger partial charge in [0, 0.05) is 29.7 Å². The Balaban J connectivity index is 1.73. The molecule has 1 saturated heterocycles. The van der Waals surface area contributed by atoms with Crippen LogP contribution in [0.15, 0.2) is 24.3 Å². The number of halogens is 1. The summed E-state index contributed by atoms with van der Waals surface area (Å²) in [5.74, 6) is 0. The van der Waals surface area contributed by atoms with Gasteiger partial charge in [0.15, 0.2) is 0 Å². The van der Waals surface area contributed by atoms with E-state index in [-0.39, 0.29) is 12.6 Å². The quantitative estimate of drug-likeness (QED) is 0.746. The van der Waals surface area contributed by atoms with E-state index in [9.17, 15) is 9.90 Å². The summed E-state index contributed by atoms with van der Waals surface area (Å²) >= 11 is 6.04. The number of hydrogen-bond acceptors (Lipinski definition) is 3. The molecule has 2 unspecified atom stereocenters. The fourth-order valence-corrected chi connectivity index (χ4v) is 3.29. The lowest BCUT2D eigenvalue weighted by Crippen LogP contribution is -2.48. The van der Waals surface area contributed by atoms with Crippen molar-refractivity contribution >= 4 is 17.6 Å². The maximum atomic E-state index is 11.9. The highest BCUT2D eigenvalue weighted by atomic mass is 35.5. The van der Waals surface area contributed by atoms with Gasteiger partial charge in [0.2, 0.25) is 0 Å². The van der Waals surface area contributed by atoms with Crippen molar-refractivity contribution in [2.45, 2.75) is 38.3 Å². The fourth-order valence-electron chi connectivity index (χ4n) is 3.03. The van der Waals surface area contributed by atoms with E-state index in [4.69, 9.17) is 11.6 Å². The van der Waals surface area contributed by atoms with E-state index in [1.807, 2.05) is 12.1 Å². The third-order valence-electron chi connectivity index (χ3n) is 4.37. The number of nitrogens with one attached hydrogen (secondary N) is 2. The molecular formula is C17H26ClN3O2. The van der Waals surface area contributed by atoms with Crippen molar-refractivity contribution in [2.24, 2.45) is 0 Å². The second-order valence-electron chi connectivity index (χ2n) is 5.91. The smallest absolute Gasteiger partial charge is 0.314 e. The van der Waals surface area contributed by atoms with Crippen LogP contribution >= 0.6 is 11.6 Å². The zero-order valence-electron chi connectivity index (χ0n) is 13.6. The van der Waals surface area contributed by atoms with Crippen LogP contribution in [0.4, 0.5) is 4.79 Å². The van der Waals surface area contributed by atoms with Gasteiger partial charge in [-0.2, -0.15) is 0 Å². The van der Waals surface area contributed by atoms with Gasteiger partial charge < -0.3 is 15.7 Å². The number of nitrogens with zero attached hydrogens (tertiary/aromatic N) is 1. The Morgan fingerprint density at radius 1 is 1.39 bits per heavy atom. The van der Waals surface area contributed by atoms with Crippen LogP contribution in [-0.4, -0.2) is 48.3 Å². The van der Waals surface area contributed by atoms with Gasteiger partial charge in [0.05, 0.1) is 6.10 Å². The second kappa shape index (κ2) is 9.11. The largest absolute Gasteiger partial charge is 0.387 e. The monoisotopic (exact) mass is 339 g/mol. The molecule has 2 atom stereocenters. The van der Waals surface area contributed by atoms with Crippen molar-refractivity contribution in [3.8, 4) is 0 Å². The van der Waals surface area contributed by atoms with Crippen LogP contribution < -0.4 is 10.6 Å². The van der Waals surface area contributed by atoms with Gasteiger partial charge in [0.25, 0.3) is 0 Å². The van der Waals surface area contributed by atoms with Crippen LogP contribution in [0, 0.1) is 0 Å². The molecule has 3 N–H and O–H groups in total. The molecule has 23 heavy (non-hydrogen) atoms. The number of carbonyl (C=O) groups is 1. The Labute approximate surface area is 143 Å². The lowest BCUT2D eigenvalue weighted by molar-refractivity contribution is 0.151. The highest BCUT2D eigenvalue weighted by Gasteiger charge is 2.21. The SMILES string of the molecule is CCN1CCCCC1CNC(=O)NCC(O)c1ccccc1Cl. The van der Waals surface area contributed by atoms with Gasteiger partial charge >= 0.3 is 6.03 Å². The summed E-state index contributed by atoms with van der Waals surface area (Å²) in [7, 11) is 0. The fraction of sp³-hybridized carbons (Fsp3) is 0.588. The highest BCUT2D eigenvalue weighted by Crippen LogP contribution is 2.21. The van der Waals surface area contributed by atoms with Gasteiger partial charge in [-0.15, -0.1) is 0 Å². The average Bonchev–Trinajstić information content (AvgIpc) is 2.58. The Morgan fingerprint density at radius 3 is 2.91 bits per heavy atom. The number of piperidine rings is 1. The van der Waals surface area contributed by atoms with Crippen LogP contribution in [0.3, 0.4) is 0 Å². The molecule has 2 amide bonds. The number of likely N-dealkylation sites (tertiary alicyclic amines) is 1. The number of urea groups is 1. The molecule has 0 saturated carbocycles. The Hall–Kier alpha value is -1.30. The first kappa shape index (κ1) is 18.0. The number of benzene rings is 1. The lowest BCUT2D eigenvalue weighted by atomic mass is 10.0. The molecular weight excluding hydrogens is 314 g/mol. The van der Waals surface area contributed by atoms with Gasteiger partial charge in [-0.05, 0) is 32.0 Å². The van der Waals surface area contributed by atoms with Gasteiger partial charge in [-0.3, -0.25) is 4.90 Å². The van der Waals surface area contributed by atoms with Crippen molar-refractivity contribution in [1.82, 2.24) is 15.5 Å². The number of amides is 2. The standard InChI is InChI=1S/C17H26ClN3O2/c1-2-21-10-6-5-7-13(21)11-19-17(23)20-12-16(22)14-8-3-4-9-15(14)18/h3-4,8-9,13,16,22H,2,5-7,10-12H2,1H3,(H2,19,20,23). The van der Waals surface area contributed by atoms with Crippen molar-refractivity contribution < 1.29 is 9.90 Å². The molecule has 1 heterocycles. The molecule has 0 bridgehead atoms. The molecule has 0 radical (unpaired) electrons. The molecule has 6 heteroatoms. The van der Waals surface area contributed by atoms with Crippen LogP contribution in [0.2, 0.25) is 5.02 Å². The molecule has 0 aliphatic carbocycles. The number of aliphatic hydroxyl groups excluding tert-OH is 1. The Morgan fingerprint density at radius 2 is 2.17 bits per heavy atom. The van der Waals surface area contributed by atoms with Gasteiger partial charge in [-0.1, -0.05) is 43.1 Å². The number of aliphatic hydroxyl groups is 1. The van der Waals surface area contributed by atoms with E-state index in [1.54, 1.807) is 12.1 Å². The molecule has 0 spiro atoms. The maximum absolute atomic E-state index is 11.9. The minimum atomic E-state index is -0.809. The van der Waals surface area contributed by atoms with E-state index >= 15 is 0 Å². The maximum Gasteiger partial charge on any atom is 0.314 e. The second-order valence-corrected chi connectivity index (χ2v) is 6.31. The van der Waals surface area contributed by atoms with Crippen LogP contribution in [0.1, 0.15) is 37.9 Å². The first-order chi connectivity index (χ1) is 11.1. The molecule has 1 aromatic carbocycles.